The summed E-state index contributed by atoms with van der Waals surface area (Å²) in [5, 5.41) is 1.10. The van der Waals surface area contributed by atoms with E-state index in [1.165, 1.54) is 11.3 Å². The molecule has 0 amide bonds. The molecule has 0 aliphatic rings. The summed E-state index contributed by atoms with van der Waals surface area (Å²) < 4.78 is 5.31. The molecule has 0 aliphatic carbocycles. The Kier molecular flexibility index (Phi) is 4.64. The van der Waals surface area contributed by atoms with Gasteiger partial charge in [-0.05, 0) is 25.1 Å². The van der Waals surface area contributed by atoms with E-state index in [-0.39, 0.29) is 6.61 Å². The molecule has 3 rings (SSSR count). The van der Waals surface area contributed by atoms with Crippen molar-refractivity contribution in [3.8, 4) is 10.7 Å². The fourth-order valence-electron chi connectivity index (χ4n) is 1.89. The van der Waals surface area contributed by atoms with Gasteiger partial charge >= 0.3 is 5.97 Å². The molecule has 3 heterocycles. The van der Waals surface area contributed by atoms with Crippen molar-refractivity contribution in [3.63, 3.8) is 0 Å². The molecule has 7 heteroatoms. The monoisotopic (exact) mass is 345 g/mol. The number of thiazole rings is 1. The maximum absolute atomic E-state index is 12.2. The van der Waals surface area contributed by atoms with Gasteiger partial charge in [-0.2, -0.15) is 0 Å². The van der Waals surface area contributed by atoms with E-state index in [0.717, 1.165) is 11.3 Å². The highest BCUT2D eigenvalue weighted by molar-refractivity contribution is 7.17. The van der Waals surface area contributed by atoms with Crippen molar-refractivity contribution in [2.45, 2.75) is 13.5 Å². The number of hydrogen-bond donors (Lipinski definition) is 0. The number of hydrogen-bond acceptors (Lipinski definition) is 6. The molecule has 0 aromatic carbocycles. The van der Waals surface area contributed by atoms with E-state index in [1.807, 2.05) is 18.2 Å². The zero-order valence-electron chi connectivity index (χ0n) is 12.2. The lowest BCUT2D eigenvalue weighted by atomic mass is 10.3. The summed E-state index contributed by atoms with van der Waals surface area (Å²) in [5.41, 5.74) is 2.14. The molecule has 0 atom stereocenters. The van der Waals surface area contributed by atoms with Crippen LogP contribution >= 0.6 is 22.9 Å². The number of aromatic nitrogens is 3. The molecule has 0 saturated heterocycles. The highest BCUT2D eigenvalue weighted by atomic mass is 35.5. The normalized spacial score (nSPS) is 10.5. The third kappa shape index (κ3) is 3.72. The van der Waals surface area contributed by atoms with Crippen molar-refractivity contribution in [2.24, 2.45) is 0 Å². The summed E-state index contributed by atoms with van der Waals surface area (Å²) in [6, 6.07) is 8.99. The number of aryl methyl sites for hydroxylation is 1. The number of carbonyl (C=O) groups is 1. The van der Waals surface area contributed by atoms with Crippen LogP contribution in [0, 0.1) is 6.92 Å². The van der Waals surface area contributed by atoms with Gasteiger partial charge in [0.05, 0.1) is 11.4 Å². The summed E-state index contributed by atoms with van der Waals surface area (Å²) in [5.74, 6) is -0.405. The van der Waals surface area contributed by atoms with Crippen molar-refractivity contribution in [1.82, 2.24) is 15.0 Å². The maximum Gasteiger partial charge on any atom is 0.350 e. The molecule has 23 heavy (non-hydrogen) atoms. The second kappa shape index (κ2) is 6.85. The molecule has 0 saturated carbocycles. The Bertz CT molecular complexity index is 819. The van der Waals surface area contributed by atoms with Crippen LogP contribution in [0.2, 0.25) is 5.15 Å². The summed E-state index contributed by atoms with van der Waals surface area (Å²) >= 11 is 6.99. The average molecular weight is 346 g/mol. The SMILES string of the molecule is Cc1nc(-c2ccccn2)sc1C(=O)OCc1ccc(Cl)nc1. The first kappa shape index (κ1) is 15.6. The van der Waals surface area contributed by atoms with Gasteiger partial charge in [-0.25, -0.2) is 14.8 Å². The molecule has 3 aromatic heterocycles. The molecule has 0 N–H and O–H groups in total. The number of nitrogens with zero attached hydrogens (tertiary/aromatic N) is 3. The fraction of sp³-hybridized carbons (Fsp3) is 0.125. The van der Waals surface area contributed by atoms with Gasteiger partial charge in [0.2, 0.25) is 0 Å². The van der Waals surface area contributed by atoms with E-state index in [0.29, 0.717) is 20.7 Å². The van der Waals surface area contributed by atoms with Crippen LogP contribution in [0.4, 0.5) is 0 Å². The van der Waals surface area contributed by atoms with Gasteiger partial charge < -0.3 is 4.74 Å². The quantitative estimate of drug-likeness (QED) is 0.529. The second-order valence-electron chi connectivity index (χ2n) is 4.71. The lowest BCUT2D eigenvalue weighted by Gasteiger charge is -2.03. The molecule has 0 bridgehead atoms. The fourth-order valence-corrected chi connectivity index (χ4v) is 2.94. The van der Waals surface area contributed by atoms with E-state index in [4.69, 9.17) is 16.3 Å². The highest BCUT2D eigenvalue weighted by Gasteiger charge is 2.18. The Labute approximate surface area is 142 Å². The van der Waals surface area contributed by atoms with Gasteiger partial charge in [0.25, 0.3) is 0 Å². The van der Waals surface area contributed by atoms with E-state index in [9.17, 15) is 4.79 Å². The summed E-state index contributed by atoms with van der Waals surface area (Å²) in [4.78, 5) is 25.3. The first-order chi connectivity index (χ1) is 11.1. The van der Waals surface area contributed by atoms with Gasteiger partial charge in [-0.1, -0.05) is 23.7 Å². The van der Waals surface area contributed by atoms with Gasteiger partial charge in [-0.15, -0.1) is 11.3 Å². The molecule has 0 fully saturated rings. The van der Waals surface area contributed by atoms with Crippen LogP contribution in [0.1, 0.15) is 20.9 Å². The highest BCUT2D eigenvalue weighted by Crippen LogP contribution is 2.27. The lowest BCUT2D eigenvalue weighted by molar-refractivity contribution is 0.0477. The average Bonchev–Trinajstić information content (AvgIpc) is 2.97. The van der Waals surface area contributed by atoms with Gasteiger partial charge in [-0.3, -0.25) is 4.98 Å². The van der Waals surface area contributed by atoms with Crippen LogP contribution in [0.25, 0.3) is 10.7 Å². The first-order valence-corrected chi connectivity index (χ1v) is 7.99. The summed E-state index contributed by atoms with van der Waals surface area (Å²) in [6.45, 7) is 1.92. The zero-order valence-corrected chi connectivity index (χ0v) is 13.8. The molecular formula is C16H12ClN3O2S. The van der Waals surface area contributed by atoms with Gasteiger partial charge in [0, 0.05) is 18.0 Å². The third-order valence-electron chi connectivity index (χ3n) is 3.02. The van der Waals surface area contributed by atoms with E-state index < -0.39 is 5.97 Å². The summed E-state index contributed by atoms with van der Waals surface area (Å²) in [6.07, 6.45) is 3.27. The second-order valence-corrected chi connectivity index (χ2v) is 6.10. The van der Waals surface area contributed by atoms with E-state index >= 15 is 0 Å². The van der Waals surface area contributed by atoms with Crippen LogP contribution in [0.5, 0.6) is 0 Å². The van der Waals surface area contributed by atoms with Crippen molar-refractivity contribution in [2.75, 3.05) is 0 Å². The maximum atomic E-state index is 12.2. The van der Waals surface area contributed by atoms with E-state index in [2.05, 4.69) is 15.0 Å². The predicted molar refractivity (Wildman–Crippen MR) is 88.4 cm³/mol. The van der Waals surface area contributed by atoms with Gasteiger partial charge in [0.1, 0.15) is 21.6 Å². The van der Waals surface area contributed by atoms with Gasteiger partial charge in [0.15, 0.2) is 0 Å². The van der Waals surface area contributed by atoms with Crippen LogP contribution in [0.3, 0.4) is 0 Å². The summed E-state index contributed by atoms with van der Waals surface area (Å²) in [7, 11) is 0. The largest absolute Gasteiger partial charge is 0.457 e. The number of ether oxygens (including phenoxy) is 1. The number of esters is 1. The Morgan fingerprint density at radius 3 is 2.83 bits per heavy atom. The Hall–Kier alpha value is -2.31. The molecule has 5 nitrogen and oxygen atoms in total. The van der Waals surface area contributed by atoms with Crippen molar-refractivity contribution >= 4 is 28.9 Å². The molecule has 116 valence electrons. The molecule has 0 radical (unpaired) electrons. The zero-order chi connectivity index (χ0) is 16.2. The van der Waals surface area contributed by atoms with Crippen LogP contribution in [0.15, 0.2) is 42.7 Å². The van der Waals surface area contributed by atoms with E-state index in [1.54, 1.807) is 31.5 Å². The topological polar surface area (TPSA) is 65.0 Å². The number of carbonyl (C=O) groups excluding carboxylic acids is 1. The molecule has 3 aromatic rings. The number of halogens is 1. The Morgan fingerprint density at radius 2 is 2.13 bits per heavy atom. The van der Waals surface area contributed by atoms with Crippen molar-refractivity contribution < 1.29 is 9.53 Å². The van der Waals surface area contributed by atoms with Crippen LogP contribution < -0.4 is 0 Å². The third-order valence-corrected chi connectivity index (χ3v) is 4.41. The minimum absolute atomic E-state index is 0.138. The van der Waals surface area contributed by atoms with Crippen LogP contribution in [-0.2, 0) is 11.3 Å². The molecule has 0 unspecified atom stereocenters. The Morgan fingerprint density at radius 1 is 1.26 bits per heavy atom. The predicted octanol–water partition coefficient (Wildman–Crippen LogP) is 3.92. The van der Waals surface area contributed by atoms with Crippen molar-refractivity contribution in [3.05, 3.63) is 64.0 Å². The number of rotatable bonds is 4. The minimum atomic E-state index is -0.405. The lowest BCUT2D eigenvalue weighted by Crippen LogP contribution is -2.05. The standard InChI is InChI=1S/C16H12ClN3O2S/c1-10-14(23-15(20-10)12-4-2-3-7-18-12)16(21)22-9-11-5-6-13(17)19-8-11/h2-8H,9H2,1H3. The van der Waals surface area contributed by atoms with Crippen LogP contribution in [-0.4, -0.2) is 20.9 Å². The first-order valence-electron chi connectivity index (χ1n) is 6.80. The van der Waals surface area contributed by atoms with Crippen molar-refractivity contribution in [1.29, 1.82) is 0 Å². The minimum Gasteiger partial charge on any atom is -0.457 e. The molecular weight excluding hydrogens is 334 g/mol. The smallest absolute Gasteiger partial charge is 0.350 e. The number of pyridine rings is 2. The molecule has 0 aliphatic heterocycles. The molecule has 0 spiro atoms. The Balaban J connectivity index is 1.72.